The lowest BCUT2D eigenvalue weighted by atomic mass is 9.91. The van der Waals surface area contributed by atoms with E-state index in [0.29, 0.717) is 12.4 Å². The zero-order chi connectivity index (χ0) is 15.5. The Morgan fingerprint density at radius 3 is 2.90 bits per heavy atom. The molecule has 1 aliphatic heterocycles. The van der Waals surface area contributed by atoms with Gasteiger partial charge in [0.25, 0.3) is 0 Å². The standard InChI is InChI=1S/C15H26N4O2/c1-15(2,3)9-11-8-13(19(4)18-11)17-14(20)16-10-12-6-5-7-21-12/h8,12H,5-7,9-10H2,1-4H3,(H2,16,17,20)/t12-/m0/s1. The molecule has 2 rings (SSSR count). The smallest absolute Gasteiger partial charge is 0.320 e. The molecule has 0 bridgehead atoms. The molecule has 0 aromatic carbocycles. The Bertz CT molecular complexity index is 484. The molecule has 0 saturated carbocycles. The van der Waals surface area contributed by atoms with Crippen molar-refractivity contribution in [2.75, 3.05) is 18.5 Å². The van der Waals surface area contributed by atoms with Crippen LogP contribution in [0.15, 0.2) is 6.07 Å². The van der Waals surface area contributed by atoms with Crippen molar-refractivity contribution in [2.45, 2.75) is 46.1 Å². The first kappa shape index (κ1) is 15.8. The highest BCUT2D eigenvalue weighted by Gasteiger charge is 2.18. The number of aryl methyl sites for hydroxylation is 1. The molecule has 0 aliphatic carbocycles. The minimum absolute atomic E-state index is 0.152. The third-order valence-corrected chi connectivity index (χ3v) is 3.40. The first-order valence-electron chi connectivity index (χ1n) is 7.53. The van der Waals surface area contributed by atoms with Crippen LogP contribution in [-0.2, 0) is 18.2 Å². The summed E-state index contributed by atoms with van der Waals surface area (Å²) < 4.78 is 7.18. The second kappa shape index (κ2) is 6.47. The molecule has 1 fully saturated rings. The monoisotopic (exact) mass is 294 g/mol. The van der Waals surface area contributed by atoms with Crippen molar-refractivity contribution >= 4 is 11.8 Å². The van der Waals surface area contributed by atoms with Gasteiger partial charge in [-0.1, -0.05) is 20.8 Å². The molecular weight excluding hydrogens is 268 g/mol. The summed E-state index contributed by atoms with van der Waals surface area (Å²) >= 11 is 0. The van der Waals surface area contributed by atoms with Crippen molar-refractivity contribution in [3.63, 3.8) is 0 Å². The summed E-state index contributed by atoms with van der Waals surface area (Å²) in [5.41, 5.74) is 1.16. The SMILES string of the molecule is Cn1nc(CC(C)(C)C)cc1NC(=O)NC[C@@H]1CCCO1. The lowest BCUT2D eigenvalue weighted by Crippen LogP contribution is -2.35. The normalized spacial score (nSPS) is 18.8. The first-order valence-corrected chi connectivity index (χ1v) is 7.53. The van der Waals surface area contributed by atoms with Gasteiger partial charge in [0, 0.05) is 26.3 Å². The fourth-order valence-electron chi connectivity index (χ4n) is 2.45. The number of amides is 2. The highest BCUT2D eigenvalue weighted by atomic mass is 16.5. The van der Waals surface area contributed by atoms with Crippen molar-refractivity contribution in [3.05, 3.63) is 11.8 Å². The molecule has 118 valence electrons. The molecule has 0 unspecified atom stereocenters. The van der Waals surface area contributed by atoms with E-state index in [1.54, 1.807) is 4.68 Å². The lowest BCUT2D eigenvalue weighted by Gasteiger charge is -2.15. The molecule has 0 spiro atoms. The van der Waals surface area contributed by atoms with E-state index in [1.165, 1.54) is 0 Å². The molecular formula is C15H26N4O2. The van der Waals surface area contributed by atoms with E-state index >= 15 is 0 Å². The van der Waals surface area contributed by atoms with Gasteiger partial charge in [-0.2, -0.15) is 5.10 Å². The largest absolute Gasteiger partial charge is 0.376 e. The van der Waals surface area contributed by atoms with Crippen LogP contribution in [-0.4, -0.2) is 35.1 Å². The van der Waals surface area contributed by atoms with Gasteiger partial charge in [-0.15, -0.1) is 0 Å². The number of carbonyl (C=O) groups excluding carboxylic acids is 1. The summed E-state index contributed by atoms with van der Waals surface area (Å²) in [6, 6.07) is 1.72. The Balaban J connectivity index is 1.85. The third-order valence-electron chi connectivity index (χ3n) is 3.40. The number of rotatable bonds is 4. The summed E-state index contributed by atoms with van der Waals surface area (Å²) in [4.78, 5) is 11.9. The van der Waals surface area contributed by atoms with E-state index in [0.717, 1.165) is 31.6 Å². The fourth-order valence-corrected chi connectivity index (χ4v) is 2.45. The van der Waals surface area contributed by atoms with E-state index in [2.05, 4.69) is 36.5 Å². The Labute approximate surface area is 126 Å². The van der Waals surface area contributed by atoms with Crippen LogP contribution >= 0.6 is 0 Å². The van der Waals surface area contributed by atoms with Gasteiger partial charge in [0.2, 0.25) is 0 Å². The zero-order valence-electron chi connectivity index (χ0n) is 13.4. The van der Waals surface area contributed by atoms with E-state index in [-0.39, 0.29) is 17.6 Å². The number of ether oxygens (including phenoxy) is 1. The van der Waals surface area contributed by atoms with Crippen molar-refractivity contribution < 1.29 is 9.53 Å². The maximum atomic E-state index is 11.9. The van der Waals surface area contributed by atoms with Crippen molar-refractivity contribution in [1.82, 2.24) is 15.1 Å². The molecule has 1 aliphatic rings. The molecule has 1 aromatic rings. The molecule has 0 radical (unpaired) electrons. The Hall–Kier alpha value is -1.56. The molecule has 1 saturated heterocycles. The molecule has 6 heteroatoms. The number of hydrogen-bond acceptors (Lipinski definition) is 3. The number of hydrogen-bond donors (Lipinski definition) is 2. The average molecular weight is 294 g/mol. The molecule has 6 nitrogen and oxygen atoms in total. The molecule has 1 aromatic heterocycles. The van der Waals surface area contributed by atoms with E-state index in [1.807, 2.05) is 13.1 Å². The first-order chi connectivity index (χ1) is 9.83. The quantitative estimate of drug-likeness (QED) is 0.895. The van der Waals surface area contributed by atoms with Gasteiger partial charge in [0.05, 0.1) is 11.8 Å². The van der Waals surface area contributed by atoms with Crippen LogP contribution in [0.3, 0.4) is 0 Å². The van der Waals surface area contributed by atoms with Crippen LogP contribution in [0.2, 0.25) is 0 Å². The van der Waals surface area contributed by atoms with Gasteiger partial charge in [0.15, 0.2) is 0 Å². The average Bonchev–Trinajstić information content (AvgIpc) is 2.96. The minimum atomic E-state index is -0.212. The van der Waals surface area contributed by atoms with Gasteiger partial charge >= 0.3 is 6.03 Å². The van der Waals surface area contributed by atoms with E-state index in [4.69, 9.17) is 4.74 Å². The van der Waals surface area contributed by atoms with E-state index < -0.39 is 0 Å². The van der Waals surface area contributed by atoms with Crippen LogP contribution in [0.5, 0.6) is 0 Å². The molecule has 2 amide bonds. The van der Waals surface area contributed by atoms with Gasteiger partial charge in [-0.25, -0.2) is 4.79 Å². The van der Waals surface area contributed by atoms with Crippen molar-refractivity contribution in [3.8, 4) is 0 Å². The summed E-state index contributed by atoms with van der Waals surface area (Å²) in [6.07, 6.45) is 3.12. The predicted octanol–water partition coefficient (Wildman–Crippen LogP) is 2.31. The van der Waals surface area contributed by atoms with Crippen LogP contribution < -0.4 is 10.6 Å². The second-order valence-corrected chi connectivity index (χ2v) is 6.85. The number of nitrogens with one attached hydrogen (secondary N) is 2. The van der Waals surface area contributed by atoms with Crippen LogP contribution in [0.25, 0.3) is 0 Å². The molecule has 21 heavy (non-hydrogen) atoms. The maximum Gasteiger partial charge on any atom is 0.320 e. The maximum absolute atomic E-state index is 11.9. The number of anilines is 1. The number of urea groups is 1. The van der Waals surface area contributed by atoms with Crippen molar-refractivity contribution in [1.29, 1.82) is 0 Å². The number of nitrogens with zero attached hydrogens (tertiary/aromatic N) is 2. The second-order valence-electron chi connectivity index (χ2n) is 6.85. The Morgan fingerprint density at radius 1 is 1.52 bits per heavy atom. The van der Waals surface area contributed by atoms with Gasteiger partial charge in [0.1, 0.15) is 5.82 Å². The van der Waals surface area contributed by atoms with Crippen LogP contribution in [0, 0.1) is 5.41 Å². The minimum Gasteiger partial charge on any atom is -0.376 e. The predicted molar refractivity (Wildman–Crippen MR) is 82.4 cm³/mol. The fraction of sp³-hybridized carbons (Fsp3) is 0.733. The van der Waals surface area contributed by atoms with E-state index in [9.17, 15) is 4.79 Å². The summed E-state index contributed by atoms with van der Waals surface area (Å²) in [5.74, 6) is 0.707. The summed E-state index contributed by atoms with van der Waals surface area (Å²) in [5, 5.41) is 10.1. The molecule has 2 heterocycles. The van der Waals surface area contributed by atoms with Gasteiger partial charge in [-0.05, 0) is 24.7 Å². The zero-order valence-corrected chi connectivity index (χ0v) is 13.4. The lowest BCUT2D eigenvalue weighted by molar-refractivity contribution is 0.112. The number of carbonyl (C=O) groups is 1. The summed E-state index contributed by atoms with van der Waals surface area (Å²) in [6.45, 7) is 7.86. The Kier molecular flexibility index (Phi) is 4.88. The topological polar surface area (TPSA) is 68.2 Å². The third kappa shape index (κ3) is 5.04. The van der Waals surface area contributed by atoms with Crippen LogP contribution in [0.1, 0.15) is 39.3 Å². The van der Waals surface area contributed by atoms with Crippen LogP contribution in [0.4, 0.5) is 10.6 Å². The summed E-state index contributed by atoms with van der Waals surface area (Å²) in [7, 11) is 1.84. The highest BCUT2D eigenvalue weighted by Crippen LogP contribution is 2.21. The number of aromatic nitrogens is 2. The Morgan fingerprint density at radius 2 is 2.29 bits per heavy atom. The van der Waals surface area contributed by atoms with Gasteiger partial charge in [-0.3, -0.25) is 10.00 Å². The molecule has 2 N–H and O–H groups in total. The van der Waals surface area contributed by atoms with Gasteiger partial charge < -0.3 is 10.1 Å². The molecule has 1 atom stereocenters. The van der Waals surface area contributed by atoms with Crippen molar-refractivity contribution in [2.24, 2.45) is 12.5 Å². The highest BCUT2D eigenvalue weighted by molar-refractivity contribution is 5.88.